The Labute approximate surface area is 208 Å². The number of carbonyl (C=O) groups excluding carboxylic acids is 3. The molecule has 0 fully saturated rings. The summed E-state index contributed by atoms with van der Waals surface area (Å²) >= 11 is 6.25. The lowest BCUT2D eigenvalue weighted by Gasteiger charge is -2.18. The molecule has 0 aliphatic carbocycles. The maximum atomic E-state index is 13.1. The lowest BCUT2D eigenvalue weighted by molar-refractivity contribution is -0.120. The summed E-state index contributed by atoms with van der Waals surface area (Å²) in [5.41, 5.74) is 3.77. The predicted octanol–water partition coefficient (Wildman–Crippen LogP) is 5.39. The van der Waals surface area contributed by atoms with E-state index < -0.39 is 11.8 Å². The van der Waals surface area contributed by atoms with E-state index in [0.717, 1.165) is 21.8 Å². The molecule has 3 aromatic carbocycles. The van der Waals surface area contributed by atoms with Crippen LogP contribution in [0.15, 0.2) is 77.5 Å². The lowest BCUT2D eigenvalue weighted by Crippen LogP contribution is -2.32. The number of imide groups is 1. The van der Waals surface area contributed by atoms with Crippen LogP contribution in [0.2, 0.25) is 0 Å². The molecule has 1 heterocycles. The molecule has 0 saturated carbocycles. The van der Waals surface area contributed by atoms with Crippen molar-refractivity contribution in [2.45, 2.75) is 20.8 Å². The van der Waals surface area contributed by atoms with Crippen LogP contribution in [-0.4, -0.2) is 24.3 Å². The molecule has 3 amide bonds. The third-order valence-electron chi connectivity index (χ3n) is 5.47. The van der Waals surface area contributed by atoms with Gasteiger partial charge in [0.1, 0.15) is 16.5 Å². The van der Waals surface area contributed by atoms with Crippen molar-refractivity contribution in [2.24, 2.45) is 0 Å². The van der Waals surface area contributed by atoms with Crippen LogP contribution < -0.4 is 20.3 Å². The molecule has 178 valence electrons. The van der Waals surface area contributed by atoms with Crippen LogP contribution in [0.5, 0.6) is 5.75 Å². The van der Waals surface area contributed by atoms with E-state index in [1.807, 2.05) is 32.9 Å². The summed E-state index contributed by atoms with van der Waals surface area (Å²) in [5, 5.41) is 5.56. The fourth-order valence-electron chi connectivity index (χ4n) is 3.64. The number of nitrogens with one attached hydrogen (secondary N) is 2. The Balaban J connectivity index is 1.46. The van der Waals surface area contributed by atoms with E-state index in [0.29, 0.717) is 29.2 Å². The molecule has 3 aromatic rings. The third kappa shape index (κ3) is 5.05. The number of nitrogens with zero attached hydrogens (tertiary/aromatic N) is 1. The second kappa shape index (κ2) is 10.0. The molecule has 1 aliphatic heterocycles. The molecule has 8 heteroatoms. The summed E-state index contributed by atoms with van der Waals surface area (Å²) in [5.74, 6) is -0.679. The van der Waals surface area contributed by atoms with Crippen LogP contribution >= 0.6 is 11.6 Å². The minimum Gasteiger partial charge on any atom is -0.494 e. The first-order chi connectivity index (χ1) is 16.8. The molecule has 0 atom stereocenters. The highest BCUT2D eigenvalue weighted by molar-refractivity contribution is 6.53. The number of benzene rings is 3. The van der Waals surface area contributed by atoms with Crippen molar-refractivity contribution < 1.29 is 19.1 Å². The van der Waals surface area contributed by atoms with Gasteiger partial charge in [0.25, 0.3) is 17.7 Å². The summed E-state index contributed by atoms with van der Waals surface area (Å²) in [7, 11) is 0. The van der Waals surface area contributed by atoms with Gasteiger partial charge in [0.2, 0.25) is 0 Å². The molecule has 4 rings (SSSR count). The van der Waals surface area contributed by atoms with Crippen molar-refractivity contribution in [1.29, 1.82) is 0 Å². The van der Waals surface area contributed by atoms with E-state index in [4.69, 9.17) is 16.3 Å². The average molecular weight is 490 g/mol. The maximum Gasteiger partial charge on any atom is 0.283 e. The zero-order valence-electron chi connectivity index (χ0n) is 19.5. The normalized spacial score (nSPS) is 13.3. The highest BCUT2D eigenvalue weighted by Crippen LogP contribution is 2.32. The topological polar surface area (TPSA) is 87.7 Å². The Morgan fingerprint density at radius 2 is 1.57 bits per heavy atom. The average Bonchev–Trinajstić information content (AvgIpc) is 3.05. The van der Waals surface area contributed by atoms with Gasteiger partial charge in [-0.2, -0.15) is 0 Å². The van der Waals surface area contributed by atoms with Crippen molar-refractivity contribution in [3.05, 3.63) is 94.1 Å². The quantitative estimate of drug-likeness (QED) is 0.434. The number of amides is 3. The number of anilines is 3. The second-order valence-electron chi connectivity index (χ2n) is 8.04. The van der Waals surface area contributed by atoms with Crippen LogP contribution in [-0.2, 0) is 9.59 Å². The highest BCUT2D eigenvalue weighted by atomic mass is 35.5. The molecule has 35 heavy (non-hydrogen) atoms. The molecular weight excluding hydrogens is 466 g/mol. The largest absolute Gasteiger partial charge is 0.494 e. The smallest absolute Gasteiger partial charge is 0.283 e. The zero-order valence-corrected chi connectivity index (χ0v) is 20.3. The number of carbonyl (C=O) groups is 3. The molecule has 0 bridgehead atoms. The van der Waals surface area contributed by atoms with Crippen molar-refractivity contribution in [1.82, 2.24) is 0 Å². The highest BCUT2D eigenvalue weighted by Gasteiger charge is 2.39. The molecule has 0 radical (unpaired) electrons. The Hall–Kier alpha value is -4.10. The van der Waals surface area contributed by atoms with Gasteiger partial charge in [0.05, 0.1) is 12.3 Å². The predicted molar refractivity (Wildman–Crippen MR) is 137 cm³/mol. The molecule has 0 aromatic heterocycles. The second-order valence-corrected chi connectivity index (χ2v) is 8.42. The van der Waals surface area contributed by atoms with Gasteiger partial charge in [0, 0.05) is 16.9 Å². The first kappa shape index (κ1) is 24.0. The first-order valence-electron chi connectivity index (χ1n) is 11.1. The number of aryl methyl sites for hydroxylation is 2. The standard InChI is InChI=1S/C27H24ClN3O4/c1-4-35-21-13-11-20(12-14-21)30-25(32)18-7-9-19(10-8-18)29-24-23(28)26(33)31(27(24)34)22-15-16(2)5-6-17(22)3/h5-15,29H,4H2,1-3H3,(H,30,32). The Bertz CT molecular complexity index is 1330. The zero-order chi connectivity index (χ0) is 25.1. The molecule has 2 N–H and O–H groups in total. The van der Waals surface area contributed by atoms with E-state index in [1.165, 1.54) is 0 Å². The SMILES string of the molecule is CCOc1ccc(NC(=O)c2ccc(NC3=C(Cl)C(=O)N(c4cc(C)ccc4C)C3=O)cc2)cc1. The van der Waals surface area contributed by atoms with Crippen molar-refractivity contribution in [3.8, 4) is 5.75 Å². The summed E-state index contributed by atoms with van der Waals surface area (Å²) < 4.78 is 5.40. The Morgan fingerprint density at radius 1 is 0.914 bits per heavy atom. The van der Waals surface area contributed by atoms with Crippen LogP contribution in [0.3, 0.4) is 0 Å². The number of ether oxygens (including phenoxy) is 1. The van der Waals surface area contributed by atoms with E-state index in [1.54, 1.807) is 54.6 Å². The van der Waals surface area contributed by atoms with E-state index >= 15 is 0 Å². The van der Waals surface area contributed by atoms with Gasteiger partial charge in [-0.1, -0.05) is 23.7 Å². The Kier molecular flexibility index (Phi) is 6.89. The third-order valence-corrected chi connectivity index (χ3v) is 5.82. The van der Waals surface area contributed by atoms with Gasteiger partial charge in [-0.25, -0.2) is 4.90 Å². The number of rotatable bonds is 7. The van der Waals surface area contributed by atoms with Crippen molar-refractivity contribution in [2.75, 3.05) is 22.1 Å². The Morgan fingerprint density at radius 3 is 2.23 bits per heavy atom. The fourth-order valence-corrected chi connectivity index (χ4v) is 3.86. The molecule has 0 unspecified atom stereocenters. The number of halogens is 1. The monoisotopic (exact) mass is 489 g/mol. The van der Waals surface area contributed by atoms with Crippen LogP contribution in [0.1, 0.15) is 28.4 Å². The molecule has 0 saturated heterocycles. The van der Waals surface area contributed by atoms with E-state index in [2.05, 4.69) is 10.6 Å². The molecule has 0 spiro atoms. The number of hydrogen-bond donors (Lipinski definition) is 2. The molecule has 1 aliphatic rings. The van der Waals surface area contributed by atoms with Gasteiger partial charge >= 0.3 is 0 Å². The molecule has 7 nitrogen and oxygen atoms in total. The van der Waals surface area contributed by atoms with E-state index in [-0.39, 0.29) is 16.6 Å². The van der Waals surface area contributed by atoms with Gasteiger partial charge in [-0.15, -0.1) is 0 Å². The summed E-state index contributed by atoms with van der Waals surface area (Å²) in [6, 6.07) is 19.1. The van der Waals surface area contributed by atoms with Crippen LogP contribution in [0.4, 0.5) is 17.1 Å². The minimum absolute atomic E-state index is 0.0100. The van der Waals surface area contributed by atoms with Gasteiger partial charge < -0.3 is 15.4 Å². The summed E-state index contributed by atoms with van der Waals surface area (Å²) in [6.07, 6.45) is 0. The van der Waals surface area contributed by atoms with Crippen molar-refractivity contribution >= 4 is 46.4 Å². The van der Waals surface area contributed by atoms with Crippen molar-refractivity contribution in [3.63, 3.8) is 0 Å². The van der Waals surface area contributed by atoms with E-state index in [9.17, 15) is 14.4 Å². The fraction of sp³-hybridized carbons (Fsp3) is 0.148. The molecular formula is C27H24ClN3O4. The van der Waals surface area contributed by atoms with Crippen LogP contribution in [0.25, 0.3) is 0 Å². The summed E-state index contributed by atoms with van der Waals surface area (Å²) in [4.78, 5) is 39.5. The van der Waals surface area contributed by atoms with Crippen LogP contribution in [0, 0.1) is 13.8 Å². The maximum absolute atomic E-state index is 13.1. The first-order valence-corrected chi connectivity index (χ1v) is 11.4. The lowest BCUT2D eigenvalue weighted by atomic mass is 10.1. The van der Waals surface area contributed by atoms with Gasteiger partial charge in [0.15, 0.2) is 0 Å². The summed E-state index contributed by atoms with van der Waals surface area (Å²) in [6.45, 7) is 6.18. The minimum atomic E-state index is -0.584. The number of hydrogen-bond acceptors (Lipinski definition) is 5. The van der Waals surface area contributed by atoms with Gasteiger partial charge in [-0.05, 0) is 86.5 Å². The van der Waals surface area contributed by atoms with Gasteiger partial charge in [-0.3, -0.25) is 14.4 Å².